The lowest BCUT2D eigenvalue weighted by molar-refractivity contribution is -0.119. The van der Waals surface area contributed by atoms with Crippen molar-refractivity contribution < 1.29 is 9.21 Å². The molecule has 23 heavy (non-hydrogen) atoms. The van der Waals surface area contributed by atoms with E-state index in [4.69, 9.17) is 4.42 Å². The second kappa shape index (κ2) is 6.53. The lowest BCUT2D eigenvalue weighted by Crippen LogP contribution is -2.47. The molecule has 1 aromatic heterocycles. The molecule has 2 unspecified atom stereocenters. The Labute approximate surface area is 139 Å². The highest BCUT2D eigenvalue weighted by atomic mass is 32.2. The van der Waals surface area contributed by atoms with Gasteiger partial charge in [-0.2, -0.15) is 0 Å². The molecule has 0 spiro atoms. The first-order valence-electron chi connectivity index (χ1n) is 8.31. The van der Waals surface area contributed by atoms with Crippen molar-refractivity contribution in [3.8, 4) is 0 Å². The molecular weight excluding hydrogens is 310 g/mol. The van der Waals surface area contributed by atoms with E-state index in [1.165, 1.54) is 37.6 Å². The van der Waals surface area contributed by atoms with Crippen LogP contribution in [0.2, 0.25) is 0 Å². The summed E-state index contributed by atoms with van der Waals surface area (Å²) in [5.41, 5.74) is 1.60. The normalized spacial score (nSPS) is 24.7. The maximum atomic E-state index is 12.2. The van der Waals surface area contributed by atoms with Crippen LogP contribution in [0.1, 0.15) is 25.7 Å². The summed E-state index contributed by atoms with van der Waals surface area (Å²) in [5.74, 6) is 0.436. The zero-order chi connectivity index (χ0) is 15.6. The largest absolute Gasteiger partial charge is 0.431 e. The molecule has 122 valence electrons. The number of nitrogens with zero attached hydrogens (tertiary/aromatic N) is 2. The summed E-state index contributed by atoms with van der Waals surface area (Å²) in [6.45, 7) is 2.31. The van der Waals surface area contributed by atoms with Gasteiger partial charge in [-0.15, -0.1) is 0 Å². The summed E-state index contributed by atoms with van der Waals surface area (Å²) in [7, 11) is 0. The lowest BCUT2D eigenvalue weighted by Gasteiger charge is -2.32. The molecule has 1 N–H and O–H groups in total. The molecule has 3 heterocycles. The van der Waals surface area contributed by atoms with Gasteiger partial charge in [0.25, 0.3) is 5.22 Å². The van der Waals surface area contributed by atoms with Crippen LogP contribution in [-0.4, -0.2) is 46.7 Å². The minimum Gasteiger partial charge on any atom is -0.431 e. The molecule has 2 saturated heterocycles. The van der Waals surface area contributed by atoms with E-state index in [0.29, 0.717) is 23.1 Å². The Hall–Kier alpha value is -1.53. The van der Waals surface area contributed by atoms with E-state index in [1.807, 2.05) is 24.3 Å². The van der Waals surface area contributed by atoms with Gasteiger partial charge in [-0.3, -0.25) is 9.69 Å². The number of aromatic nitrogens is 1. The van der Waals surface area contributed by atoms with Crippen molar-refractivity contribution in [1.29, 1.82) is 0 Å². The highest BCUT2D eigenvalue weighted by Gasteiger charge is 2.36. The Morgan fingerprint density at radius 2 is 2.22 bits per heavy atom. The molecule has 0 radical (unpaired) electrons. The van der Waals surface area contributed by atoms with Gasteiger partial charge < -0.3 is 9.73 Å². The number of nitrogens with one attached hydrogen (secondary N) is 1. The summed E-state index contributed by atoms with van der Waals surface area (Å²) in [6.07, 6.45) is 4.86. The van der Waals surface area contributed by atoms with Crippen molar-refractivity contribution in [1.82, 2.24) is 15.2 Å². The smallest absolute Gasteiger partial charge is 0.257 e. The average molecular weight is 331 g/mol. The van der Waals surface area contributed by atoms with Crippen LogP contribution in [0.3, 0.4) is 0 Å². The van der Waals surface area contributed by atoms with Crippen LogP contribution in [0.5, 0.6) is 0 Å². The van der Waals surface area contributed by atoms with Gasteiger partial charge >= 0.3 is 0 Å². The molecule has 6 heteroatoms. The second-order valence-corrected chi connectivity index (χ2v) is 7.22. The van der Waals surface area contributed by atoms with E-state index in [9.17, 15) is 4.79 Å². The first kappa shape index (κ1) is 15.0. The highest BCUT2D eigenvalue weighted by Crippen LogP contribution is 2.27. The summed E-state index contributed by atoms with van der Waals surface area (Å²) in [5, 5.41) is 3.77. The number of thioether (sulfide) groups is 1. The van der Waals surface area contributed by atoms with E-state index in [-0.39, 0.29) is 5.91 Å². The van der Waals surface area contributed by atoms with Gasteiger partial charge in [-0.1, -0.05) is 30.3 Å². The van der Waals surface area contributed by atoms with Crippen LogP contribution in [0, 0.1) is 0 Å². The summed E-state index contributed by atoms with van der Waals surface area (Å²) < 4.78 is 5.64. The number of piperidine rings is 1. The maximum Gasteiger partial charge on any atom is 0.257 e. The average Bonchev–Trinajstić information content (AvgIpc) is 3.17. The van der Waals surface area contributed by atoms with Crippen LogP contribution >= 0.6 is 11.8 Å². The van der Waals surface area contributed by atoms with Gasteiger partial charge in [0.15, 0.2) is 5.58 Å². The third kappa shape index (κ3) is 3.23. The van der Waals surface area contributed by atoms with Crippen molar-refractivity contribution in [3.05, 3.63) is 24.3 Å². The molecular formula is C17H21N3O2S. The fourth-order valence-electron chi connectivity index (χ4n) is 3.70. The minimum atomic E-state index is 0.0784. The molecule has 2 atom stereocenters. The SMILES string of the molecule is O=C(CSc1nc2ccccc2o1)NC1CCN2CCCCC12. The summed E-state index contributed by atoms with van der Waals surface area (Å²) >= 11 is 1.36. The quantitative estimate of drug-likeness (QED) is 0.873. The molecule has 2 aliphatic heterocycles. The number of carbonyl (C=O) groups excluding carboxylic acids is 1. The van der Waals surface area contributed by atoms with Crippen molar-refractivity contribution >= 4 is 28.8 Å². The zero-order valence-corrected chi connectivity index (χ0v) is 13.8. The highest BCUT2D eigenvalue weighted by molar-refractivity contribution is 7.99. The zero-order valence-electron chi connectivity index (χ0n) is 13.0. The van der Waals surface area contributed by atoms with E-state index < -0.39 is 0 Å². The van der Waals surface area contributed by atoms with E-state index in [2.05, 4.69) is 15.2 Å². The Balaban J connectivity index is 1.31. The lowest BCUT2D eigenvalue weighted by atomic mass is 9.99. The number of hydrogen-bond acceptors (Lipinski definition) is 5. The molecule has 5 nitrogen and oxygen atoms in total. The molecule has 2 fully saturated rings. The Bertz CT molecular complexity index is 669. The molecule has 2 aliphatic rings. The molecule has 0 aliphatic carbocycles. The number of benzene rings is 1. The number of fused-ring (bicyclic) bond motifs is 2. The van der Waals surface area contributed by atoms with E-state index in [0.717, 1.165) is 24.1 Å². The van der Waals surface area contributed by atoms with Crippen molar-refractivity contribution in [2.24, 2.45) is 0 Å². The predicted molar refractivity (Wildman–Crippen MR) is 90.5 cm³/mol. The molecule has 1 aromatic carbocycles. The number of oxazole rings is 1. The Morgan fingerprint density at radius 3 is 3.13 bits per heavy atom. The van der Waals surface area contributed by atoms with E-state index in [1.54, 1.807) is 0 Å². The number of rotatable bonds is 4. The fourth-order valence-corrected chi connectivity index (χ4v) is 4.35. The van der Waals surface area contributed by atoms with Crippen LogP contribution < -0.4 is 5.32 Å². The monoisotopic (exact) mass is 331 g/mol. The number of carbonyl (C=O) groups is 1. The minimum absolute atomic E-state index is 0.0784. The molecule has 2 aromatic rings. The van der Waals surface area contributed by atoms with Crippen molar-refractivity contribution in [2.75, 3.05) is 18.8 Å². The van der Waals surface area contributed by atoms with E-state index >= 15 is 0 Å². The Kier molecular flexibility index (Phi) is 4.27. The van der Waals surface area contributed by atoms with Crippen molar-refractivity contribution in [2.45, 2.75) is 43.0 Å². The Morgan fingerprint density at radius 1 is 1.30 bits per heavy atom. The van der Waals surface area contributed by atoms with Gasteiger partial charge in [-0.25, -0.2) is 4.98 Å². The van der Waals surface area contributed by atoms with Crippen LogP contribution in [0.25, 0.3) is 11.1 Å². The maximum absolute atomic E-state index is 12.2. The third-order valence-electron chi connectivity index (χ3n) is 4.80. The molecule has 0 saturated carbocycles. The fraction of sp³-hybridized carbons (Fsp3) is 0.529. The predicted octanol–water partition coefficient (Wildman–Crippen LogP) is 2.66. The van der Waals surface area contributed by atoms with Gasteiger partial charge in [0.1, 0.15) is 5.52 Å². The number of amides is 1. The van der Waals surface area contributed by atoms with Gasteiger partial charge in [0.2, 0.25) is 5.91 Å². The topological polar surface area (TPSA) is 58.4 Å². The molecule has 0 bridgehead atoms. The molecule has 1 amide bonds. The van der Waals surface area contributed by atoms with Crippen molar-refractivity contribution in [3.63, 3.8) is 0 Å². The third-order valence-corrected chi connectivity index (χ3v) is 5.63. The van der Waals surface area contributed by atoms with Crippen LogP contribution in [0.4, 0.5) is 0 Å². The van der Waals surface area contributed by atoms with Gasteiger partial charge in [-0.05, 0) is 37.9 Å². The second-order valence-electron chi connectivity index (χ2n) is 6.30. The van der Waals surface area contributed by atoms with Crippen LogP contribution in [-0.2, 0) is 4.79 Å². The first-order chi connectivity index (χ1) is 11.3. The van der Waals surface area contributed by atoms with Crippen LogP contribution in [0.15, 0.2) is 33.9 Å². The summed E-state index contributed by atoms with van der Waals surface area (Å²) in [6, 6.07) is 8.52. The van der Waals surface area contributed by atoms with Gasteiger partial charge in [0, 0.05) is 18.6 Å². The number of hydrogen-bond donors (Lipinski definition) is 1. The molecule has 4 rings (SSSR count). The first-order valence-corrected chi connectivity index (χ1v) is 9.30. The summed E-state index contributed by atoms with van der Waals surface area (Å²) in [4.78, 5) is 19.2. The number of para-hydroxylation sites is 2. The van der Waals surface area contributed by atoms with Gasteiger partial charge in [0.05, 0.1) is 5.75 Å². The standard InChI is InChI=1S/C17H21N3O2S/c21-16(18-12-8-10-20-9-4-3-6-14(12)20)11-23-17-19-13-5-1-2-7-15(13)22-17/h1-2,5,7,12,14H,3-4,6,8-11H2,(H,18,21).